The fourth-order valence-electron chi connectivity index (χ4n) is 5.24. The molecule has 218 valence electrons. The van der Waals surface area contributed by atoms with Crippen molar-refractivity contribution in [3.63, 3.8) is 0 Å². The normalized spacial score (nSPS) is 26.0. The molecule has 10 nitrogen and oxygen atoms in total. The Kier molecular flexibility index (Phi) is 9.42. The topological polar surface area (TPSA) is 137 Å². The summed E-state index contributed by atoms with van der Waals surface area (Å²) in [6.45, 7) is 3.48. The Labute approximate surface area is 239 Å². The van der Waals surface area contributed by atoms with E-state index in [2.05, 4.69) is 10.6 Å². The van der Waals surface area contributed by atoms with Crippen LogP contribution in [0.4, 0.5) is 9.59 Å². The van der Waals surface area contributed by atoms with Crippen LogP contribution in [0, 0.1) is 5.92 Å². The maximum absolute atomic E-state index is 13.6. The lowest BCUT2D eigenvalue weighted by Crippen LogP contribution is -2.61. The van der Waals surface area contributed by atoms with Crippen LogP contribution in [0.1, 0.15) is 63.5 Å². The first-order valence-corrected chi connectivity index (χ1v) is 13.8. The van der Waals surface area contributed by atoms with Gasteiger partial charge >= 0.3 is 18.2 Å². The molecular weight excluding hydrogens is 528 g/mol. The summed E-state index contributed by atoms with van der Waals surface area (Å²) >= 11 is 0. The van der Waals surface area contributed by atoms with Crippen LogP contribution in [0.2, 0.25) is 0 Å². The first-order chi connectivity index (χ1) is 19.6. The van der Waals surface area contributed by atoms with Crippen LogP contribution in [-0.2, 0) is 41.8 Å². The van der Waals surface area contributed by atoms with Gasteiger partial charge in [0.15, 0.2) is 0 Å². The molecule has 4 rings (SSSR count). The number of nitrogens with one attached hydrogen (secondary N) is 2. The Morgan fingerprint density at radius 1 is 0.732 bits per heavy atom. The Balaban J connectivity index is 1.41. The van der Waals surface area contributed by atoms with Gasteiger partial charge in [0.2, 0.25) is 0 Å². The molecule has 2 saturated carbocycles. The maximum atomic E-state index is 13.6. The van der Waals surface area contributed by atoms with E-state index in [1.807, 2.05) is 60.7 Å². The predicted octanol–water partition coefficient (Wildman–Crippen LogP) is 4.39. The highest BCUT2D eigenvalue weighted by Gasteiger charge is 2.49. The summed E-state index contributed by atoms with van der Waals surface area (Å²) in [5.74, 6) is -1.97. The minimum Gasteiger partial charge on any atom is -0.459 e. The third-order valence-corrected chi connectivity index (χ3v) is 7.91. The second-order valence-electron chi connectivity index (χ2n) is 11.2. The van der Waals surface area contributed by atoms with Gasteiger partial charge in [0.05, 0.1) is 17.0 Å². The van der Waals surface area contributed by atoms with E-state index in [4.69, 9.17) is 14.2 Å². The number of benzene rings is 2. The van der Waals surface area contributed by atoms with Gasteiger partial charge in [-0.2, -0.15) is 0 Å². The van der Waals surface area contributed by atoms with Crippen molar-refractivity contribution < 1.29 is 38.2 Å². The number of hydrogen-bond donors (Lipinski definition) is 2. The van der Waals surface area contributed by atoms with Crippen molar-refractivity contribution in [2.24, 2.45) is 5.92 Å². The summed E-state index contributed by atoms with van der Waals surface area (Å²) in [7, 11) is 0. The second-order valence-corrected chi connectivity index (χ2v) is 11.2. The SMILES string of the molecule is CC1(NC(=O)OCc2ccccc2)CCC(=O)CC1OC(=O)C1CC(=O)CCC1(C)NC(=O)OCc1ccccc1. The highest BCUT2D eigenvalue weighted by Crippen LogP contribution is 2.36. The number of carbonyl (C=O) groups excluding carboxylic acids is 5. The molecule has 10 heteroatoms. The van der Waals surface area contributed by atoms with E-state index in [-0.39, 0.29) is 63.3 Å². The van der Waals surface area contributed by atoms with Crippen LogP contribution in [-0.4, -0.2) is 46.9 Å². The number of ether oxygens (including phenoxy) is 3. The molecule has 41 heavy (non-hydrogen) atoms. The zero-order valence-corrected chi connectivity index (χ0v) is 23.4. The van der Waals surface area contributed by atoms with E-state index in [0.717, 1.165) is 11.1 Å². The number of hydrogen-bond acceptors (Lipinski definition) is 8. The third kappa shape index (κ3) is 7.93. The van der Waals surface area contributed by atoms with Crippen molar-refractivity contribution in [2.75, 3.05) is 0 Å². The number of alkyl carbamates (subject to hydrolysis) is 2. The van der Waals surface area contributed by atoms with Gasteiger partial charge < -0.3 is 24.8 Å². The molecule has 2 aliphatic carbocycles. The molecule has 2 aliphatic rings. The van der Waals surface area contributed by atoms with E-state index in [0.29, 0.717) is 0 Å². The van der Waals surface area contributed by atoms with E-state index in [9.17, 15) is 24.0 Å². The van der Waals surface area contributed by atoms with Gasteiger partial charge in [-0.25, -0.2) is 9.59 Å². The predicted molar refractivity (Wildman–Crippen MR) is 147 cm³/mol. The molecular formula is C31H36N2O8. The monoisotopic (exact) mass is 564 g/mol. The lowest BCUT2D eigenvalue weighted by molar-refractivity contribution is -0.167. The van der Waals surface area contributed by atoms with Gasteiger partial charge in [0.25, 0.3) is 0 Å². The van der Waals surface area contributed by atoms with Gasteiger partial charge in [-0.1, -0.05) is 60.7 Å². The third-order valence-electron chi connectivity index (χ3n) is 7.91. The van der Waals surface area contributed by atoms with Crippen molar-refractivity contribution in [3.8, 4) is 0 Å². The zero-order chi connectivity index (χ0) is 29.5. The molecule has 0 radical (unpaired) electrons. The molecule has 2 aromatic rings. The largest absolute Gasteiger partial charge is 0.459 e. The summed E-state index contributed by atoms with van der Waals surface area (Å²) in [6, 6.07) is 18.3. The summed E-state index contributed by atoms with van der Waals surface area (Å²) in [5, 5.41) is 5.57. The highest BCUT2D eigenvalue weighted by atomic mass is 16.6. The fraction of sp³-hybridized carbons (Fsp3) is 0.452. The van der Waals surface area contributed by atoms with Crippen LogP contribution < -0.4 is 10.6 Å². The van der Waals surface area contributed by atoms with Crippen LogP contribution >= 0.6 is 0 Å². The number of rotatable bonds is 8. The first-order valence-electron chi connectivity index (χ1n) is 13.8. The Morgan fingerprint density at radius 2 is 1.20 bits per heavy atom. The lowest BCUT2D eigenvalue weighted by Gasteiger charge is -2.43. The number of amides is 2. The van der Waals surface area contributed by atoms with Gasteiger partial charge in [-0.3, -0.25) is 14.4 Å². The van der Waals surface area contributed by atoms with Crippen molar-refractivity contribution in [1.82, 2.24) is 10.6 Å². The van der Waals surface area contributed by atoms with Crippen molar-refractivity contribution in [1.29, 1.82) is 0 Å². The second kappa shape index (κ2) is 13.0. The highest BCUT2D eigenvalue weighted by molar-refractivity contribution is 5.88. The summed E-state index contributed by atoms with van der Waals surface area (Å²) in [6.07, 6.45) is -1.76. The minimum absolute atomic E-state index is 0.0470. The lowest BCUT2D eigenvalue weighted by atomic mass is 9.73. The van der Waals surface area contributed by atoms with E-state index in [1.54, 1.807) is 13.8 Å². The molecule has 0 aromatic heterocycles. The quantitative estimate of drug-likeness (QED) is 0.356. The van der Waals surface area contributed by atoms with Crippen LogP contribution in [0.5, 0.6) is 0 Å². The van der Waals surface area contributed by atoms with Crippen molar-refractivity contribution >= 4 is 29.7 Å². The Morgan fingerprint density at radius 3 is 1.73 bits per heavy atom. The summed E-state index contributed by atoms with van der Waals surface area (Å²) in [5.41, 5.74) is -0.575. The standard InChI is InChI=1S/C31H36N2O8/c1-30(32-28(37)39-19-21-9-5-3-6-10-21)15-13-23(34)17-25(30)27(36)41-26-18-24(35)14-16-31(26,2)33-29(38)40-20-22-11-7-4-8-12-22/h3-12,25-26H,13-20H2,1-2H3,(H,32,37)(H,33,38). The van der Waals surface area contributed by atoms with Crippen LogP contribution in [0.25, 0.3) is 0 Å². The molecule has 4 unspecified atom stereocenters. The van der Waals surface area contributed by atoms with E-state index in [1.165, 1.54) is 0 Å². The van der Waals surface area contributed by atoms with E-state index >= 15 is 0 Å². The van der Waals surface area contributed by atoms with Crippen LogP contribution in [0.3, 0.4) is 0 Å². The molecule has 2 aromatic carbocycles. The molecule has 0 saturated heterocycles. The number of Topliss-reactive ketones (excluding diaryl/α,β-unsaturated/α-hetero) is 2. The van der Waals surface area contributed by atoms with Crippen molar-refractivity contribution in [2.45, 2.75) is 82.8 Å². The molecule has 0 bridgehead atoms. The van der Waals surface area contributed by atoms with Gasteiger partial charge in [0, 0.05) is 25.7 Å². The number of carbonyl (C=O) groups is 5. The molecule has 0 spiro atoms. The molecule has 0 heterocycles. The number of esters is 1. The molecule has 2 fully saturated rings. The van der Waals surface area contributed by atoms with Crippen LogP contribution in [0.15, 0.2) is 60.7 Å². The first kappa shape index (κ1) is 29.8. The smallest absolute Gasteiger partial charge is 0.408 e. The van der Waals surface area contributed by atoms with Gasteiger partial charge in [0.1, 0.15) is 30.9 Å². The Bertz CT molecular complexity index is 1270. The maximum Gasteiger partial charge on any atom is 0.408 e. The minimum atomic E-state index is -1.12. The van der Waals surface area contributed by atoms with Crippen molar-refractivity contribution in [3.05, 3.63) is 71.8 Å². The fourth-order valence-corrected chi connectivity index (χ4v) is 5.24. The van der Waals surface area contributed by atoms with E-state index < -0.39 is 41.3 Å². The average molecular weight is 565 g/mol. The average Bonchev–Trinajstić information content (AvgIpc) is 2.95. The Hall–Kier alpha value is -4.21. The summed E-state index contributed by atoms with van der Waals surface area (Å²) in [4.78, 5) is 63.7. The number of ketones is 2. The van der Waals surface area contributed by atoms with Gasteiger partial charge in [-0.15, -0.1) is 0 Å². The molecule has 0 aliphatic heterocycles. The molecule has 2 amide bonds. The zero-order valence-electron chi connectivity index (χ0n) is 23.4. The molecule has 4 atom stereocenters. The summed E-state index contributed by atoms with van der Waals surface area (Å²) < 4.78 is 16.6. The van der Waals surface area contributed by atoms with Gasteiger partial charge in [-0.05, 0) is 37.8 Å². The molecule has 2 N–H and O–H groups in total.